The van der Waals surface area contributed by atoms with E-state index in [4.69, 9.17) is 0 Å². The predicted octanol–water partition coefficient (Wildman–Crippen LogP) is 2.20. The van der Waals surface area contributed by atoms with E-state index in [1.54, 1.807) is 4.90 Å². The average molecular weight is 291 g/mol. The lowest BCUT2D eigenvalue weighted by molar-refractivity contribution is -0.128. The molecule has 1 fully saturated rings. The summed E-state index contributed by atoms with van der Waals surface area (Å²) < 4.78 is 0. The minimum absolute atomic E-state index is 0.0521. The lowest BCUT2D eigenvalue weighted by Crippen LogP contribution is -2.35. The molecule has 0 saturated carbocycles. The van der Waals surface area contributed by atoms with Gasteiger partial charge in [0.05, 0.1) is 12.5 Å². The normalized spacial score (nSPS) is 20.6. The number of rotatable bonds is 2. The molecule has 1 amide bonds. The summed E-state index contributed by atoms with van der Waals surface area (Å²) in [5, 5.41) is 10.1. The van der Waals surface area contributed by atoms with Gasteiger partial charge in [-0.05, 0) is 17.7 Å². The second-order valence-corrected chi connectivity index (χ2v) is 5.36. The average Bonchev–Trinajstić information content (AvgIpc) is 2.81. The molecule has 0 aromatic heterocycles. The van der Waals surface area contributed by atoms with E-state index >= 15 is 0 Å². The molecule has 0 radical (unpaired) electrons. The molecule has 0 bridgehead atoms. The fourth-order valence-electron chi connectivity index (χ4n) is 2.59. The molecule has 22 heavy (non-hydrogen) atoms. The lowest BCUT2D eigenvalue weighted by Gasteiger charge is -2.22. The Bertz CT molecular complexity index is 700. The number of carbonyl (C=O) groups is 1. The zero-order valence-electron chi connectivity index (χ0n) is 12.1. The molecule has 0 unspecified atom stereocenters. The number of nitrogens with zero attached hydrogens (tertiary/aromatic N) is 1. The van der Waals surface area contributed by atoms with Gasteiger partial charge in [-0.15, -0.1) is 0 Å². The number of hydrogen-bond acceptors (Lipinski definition) is 2. The van der Waals surface area contributed by atoms with Crippen molar-refractivity contribution in [3.63, 3.8) is 0 Å². The van der Waals surface area contributed by atoms with Crippen LogP contribution in [0, 0.1) is 11.8 Å². The summed E-state index contributed by atoms with van der Waals surface area (Å²) in [5.41, 5.74) is 1.92. The Labute approximate surface area is 130 Å². The smallest absolute Gasteiger partial charge is 0.226 e. The van der Waals surface area contributed by atoms with Gasteiger partial charge in [0.25, 0.3) is 0 Å². The molecule has 2 aromatic rings. The van der Waals surface area contributed by atoms with Crippen molar-refractivity contribution in [2.45, 2.75) is 25.1 Å². The first-order valence-corrected chi connectivity index (χ1v) is 7.32. The molecule has 3 rings (SSSR count). The Balaban J connectivity index is 1.81. The molecule has 2 aromatic carbocycles. The highest BCUT2D eigenvalue weighted by molar-refractivity contribution is 5.80. The molecule has 3 nitrogen and oxygen atoms in total. The Kier molecular flexibility index (Phi) is 4.22. The number of amides is 1. The Morgan fingerprint density at radius 3 is 2.36 bits per heavy atom. The van der Waals surface area contributed by atoms with Gasteiger partial charge in [-0.1, -0.05) is 60.4 Å². The van der Waals surface area contributed by atoms with Crippen molar-refractivity contribution in [3.8, 4) is 11.8 Å². The van der Waals surface area contributed by atoms with Crippen LogP contribution in [0.5, 0.6) is 0 Å². The predicted molar refractivity (Wildman–Crippen MR) is 84.7 cm³/mol. The minimum Gasteiger partial charge on any atom is -0.389 e. The van der Waals surface area contributed by atoms with Gasteiger partial charge in [0, 0.05) is 12.1 Å². The Morgan fingerprint density at radius 1 is 1.05 bits per heavy atom. The molecule has 1 heterocycles. The SMILES string of the molecule is O=C1C[C@H](O)[C@H](C#Cc2ccccc2)N1Cc1ccccc1. The maximum Gasteiger partial charge on any atom is 0.226 e. The third-order valence-electron chi connectivity index (χ3n) is 3.74. The maximum atomic E-state index is 12.1. The number of aliphatic hydroxyl groups excluding tert-OH is 1. The van der Waals surface area contributed by atoms with Crippen LogP contribution in [0.3, 0.4) is 0 Å². The summed E-state index contributed by atoms with van der Waals surface area (Å²) in [6.45, 7) is 0.477. The van der Waals surface area contributed by atoms with E-state index in [0.717, 1.165) is 11.1 Å². The largest absolute Gasteiger partial charge is 0.389 e. The van der Waals surface area contributed by atoms with E-state index in [0.29, 0.717) is 6.54 Å². The third-order valence-corrected chi connectivity index (χ3v) is 3.74. The zero-order chi connectivity index (χ0) is 15.4. The third kappa shape index (κ3) is 3.19. The van der Waals surface area contributed by atoms with Crippen LogP contribution >= 0.6 is 0 Å². The summed E-state index contributed by atoms with van der Waals surface area (Å²) in [6.07, 6.45) is -0.589. The van der Waals surface area contributed by atoms with Crippen molar-refractivity contribution >= 4 is 5.91 Å². The van der Waals surface area contributed by atoms with Crippen LogP contribution in [0.25, 0.3) is 0 Å². The van der Waals surface area contributed by atoms with Gasteiger partial charge in [-0.3, -0.25) is 4.79 Å². The van der Waals surface area contributed by atoms with E-state index in [2.05, 4.69) is 11.8 Å². The van der Waals surface area contributed by atoms with Gasteiger partial charge in [0.2, 0.25) is 5.91 Å². The number of likely N-dealkylation sites (tertiary alicyclic amines) is 1. The highest BCUT2D eigenvalue weighted by atomic mass is 16.3. The first-order valence-electron chi connectivity index (χ1n) is 7.32. The zero-order valence-corrected chi connectivity index (χ0v) is 12.1. The first kappa shape index (κ1) is 14.4. The summed E-state index contributed by atoms with van der Waals surface area (Å²) in [6, 6.07) is 18.9. The monoisotopic (exact) mass is 291 g/mol. The van der Waals surface area contributed by atoms with Crippen LogP contribution in [-0.4, -0.2) is 28.1 Å². The van der Waals surface area contributed by atoms with Crippen LogP contribution in [0.1, 0.15) is 17.5 Å². The molecule has 0 aliphatic carbocycles. The van der Waals surface area contributed by atoms with Crippen molar-refractivity contribution in [3.05, 3.63) is 71.8 Å². The van der Waals surface area contributed by atoms with Gasteiger partial charge >= 0.3 is 0 Å². The van der Waals surface area contributed by atoms with E-state index < -0.39 is 12.1 Å². The van der Waals surface area contributed by atoms with Gasteiger partial charge < -0.3 is 10.0 Å². The topological polar surface area (TPSA) is 40.5 Å². The van der Waals surface area contributed by atoms with E-state index in [-0.39, 0.29) is 12.3 Å². The molecule has 1 aliphatic rings. The standard InChI is InChI=1S/C19H17NO2/c21-18-13-19(22)20(14-16-9-5-2-6-10-16)17(18)12-11-15-7-3-1-4-8-15/h1-10,17-18,21H,13-14H2/t17-,18-/m0/s1. The van der Waals surface area contributed by atoms with Gasteiger partial charge in [-0.25, -0.2) is 0 Å². The summed E-state index contributed by atoms with van der Waals surface area (Å²) >= 11 is 0. The molecular weight excluding hydrogens is 274 g/mol. The fraction of sp³-hybridized carbons (Fsp3) is 0.211. The van der Waals surface area contributed by atoms with E-state index in [1.807, 2.05) is 60.7 Å². The highest BCUT2D eigenvalue weighted by Crippen LogP contribution is 2.21. The van der Waals surface area contributed by atoms with Crippen molar-refractivity contribution in [1.82, 2.24) is 4.90 Å². The lowest BCUT2D eigenvalue weighted by atomic mass is 10.1. The number of carbonyl (C=O) groups excluding carboxylic acids is 1. The molecule has 1 N–H and O–H groups in total. The second kappa shape index (κ2) is 6.46. The molecular formula is C19H17NO2. The van der Waals surface area contributed by atoms with Crippen LogP contribution in [0.15, 0.2) is 60.7 Å². The summed E-state index contributed by atoms with van der Waals surface area (Å²) in [7, 11) is 0. The second-order valence-electron chi connectivity index (χ2n) is 5.36. The maximum absolute atomic E-state index is 12.1. The van der Waals surface area contributed by atoms with Crippen molar-refractivity contribution < 1.29 is 9.90 Å². The van der Waals surface area contributed by atoms with Crippen molar-refractivity contribution in [2.24, 2.45) is 0 Å². The van der Waals surface area contributed by atoms with Gasteiger partial charge in [0.1, 0.15) is 6.04 Å². The molecule has 1 aliphatic heterocycles. The van der Waals surface area contributed by atoms with Crippen LogP contribution in [0.2, 0.25) is 0 Å². The van der Waals surface area contributed by atoms with Gasteiger partial charge in [0.15, 0.2) is 0 Å². The quantitative estimate of drug-likeness (QED) is 0.862. The van der Waals surface area contributed by atoms with E-state index in [9.17, 15) is 9.90 Å². The fourth-order valence-corrected chi connectivity index (χ4v) is 2.59. The number of benzene rings is 2. The van der Waals surface area contributed by atoms with Crippen LogP contribution in [-0.2, 0) is 11.3 Å². The molecule has 0 spiro atoms. The van der Waals surface area contributed by atoms with E-state index in [1.165, 1.54) is 0 Å². The molecule has 1 saturated heterocycles. The van der Waals surface area contributed by atoms with Crippen LogP contribution in [0.4, 0.5) is 0 Å². The first-order chi connectivity index (χ1) is 10.7. The van der Waals surface area contributed by atoms with Gasteiger partial charge in [-0.2, -0.15) is 0 Å². The highest BCUT2D eigenvalue weighted by Gasteiger charge is 2.37. The van der Waals surface area contributed by atoms with Crippen molar-refractivity contribution in [2.75, 3.05) is 0 Å². The summed E-state index contributed by atoms with van der Waals surface area (Å²) in [4.78, 5) is 13.8. The molecule has 2 atom stereocenters. The summed E-state index contributed by atoms with van der Waals surface area (Å²) in [5.74, 6) is 6.05. The molecule has 110 valence electrons. The molecule has 3 heteroatoms. The number of hydrogen-bond donors (Lipinski definition) is 1. The van der Waals surface area contributed by atoms with Crippen molar-refractivity contribution in [1.29, 1.82) is 0 Å². The Hall–Kier alpha value is -2.57. The van der Waals surface area contributed by atoms with Crippen LogP contribution < -0.4 is 0 Å². The number of aliphatic hydroxyl groups is 1. The minimum atomic E-state index is -0.729. The Morgan fingerprint density at radius 2 is 1.68 bits per heavy atom.